The Labute approximate surface area is 134 Å². The highest BCUT2D eigenvalue weighted by Crippen LogP contribution is 2.15. The lowest BCUT2D eigenvalue weighted by Crippen LogP contribution is -2.33. The largest absolute Gasteiger partial charge is 0.322 e. The summed E-state index contributed by atoms with van der Waals surface area (Å²) < 4.78 is 39.9. The number of hydrogen-bond donors (Lipinski definition) is 2. The number of sulfonamides is 1. The SMILES string of the molecule is Cc1ccc(S(=O)(=O)NCC(=O)Nc2ccccc2F)cc1C. The van der Waals surface area contributed by atoms with Gasteiger partial charge in [0.1, 0.15) is 5.82 Å². The van der Waals surface area contributed by atoms with E-state index in [2.05, 4.69) is 10.0 Å². The molecule has 0 spiro atoms. The monoisotopic (exact) mass is 336 g/mol. The molecule has 0 unspecified atom stereocenters. The molecule has 0 atom stereocenters. The summed E-state index contributed by atoms with van der Waals surface area (Å²) in [5.41, 5.74) is 1.81. The normalized spacial score (nSPS) is 11.3. The number of hydrogen-bond acceptors (Lipinski definition) is 3. The summed E-state index contributed by atoms with van der Waals surface area (Å²) >= 11 is 0. The highest BCUT2D eigenvalue weighted by atomic mass is 32.2. The van der Waals surface area contributed by atoms with Crippen molar-refractivity contribution in [2.45, 2.75) is 18.7 Å². The summed E-state index contributed by atoms with van der Waals surface area (Å²) in [4.78, 5) is 11.8. The van der Waals surface area contributed by atoms with Gasteiger partial charge in [-0.05, 0) is 49.2 Å². The van der Waals surface area contributed by atoms with Gasteiger partial charge >= 0.3 is 0 Å². The van der Waals surface area contributed by atoms with Crippen molar-refractivity contribution in [3.05, 3.63) is 59.4 Å². The van der Waals surface area contributed by atoms with Crippen LogP contribution in [0.3, 0.4) is 0 Å². The maximum absolute atomic E-state index is 13.4. The van der Waals surface area contributed by atoms with Crippen molar-refractivity contribution < 1.29 is 17.6 Å². The van der Waals surface area contributed by atoms with Crippen LogP contribution in [0, 0.1) is 19.7 Å². The van der Waals surface area contributed by atoms with Crippen molar-refractivity contribution in [2.75, 3.05) is 11.9 Å². The van der Waals surface area contributed by atoms with Gasteiger partial charge in [-0.25, -0.2) is 17.5 Å². The van der Waals surface area contributed by atoms with Gasteiger partial charge in [0.2, 0.25) is 15.9 Å². The molecule has 5 nitrogen and oxygen atoms in total. The number of carbonyl (C=O) groups excluding carboxylic acids is 1. The zero-order valence-electron chi connectivity index (χ0n) is 12.8. The first-order chi connectivity index (χ1) is 10.8. The van der Waals surface area contributed by atoms with E-state index in [0.717, 1.165) is 11.1 Å². The second-order valence-electron chi connectivity index (χ2n) is 5.10. The van der Waals surface area contributed by atoms with Crippen LogP contribution in [0.2, 0.25) is 0 Å². The van der Waals surface area contributed by atoms with Gasteiger partial charge in [0.05, 0.1) is 17.1 Å². The zero-order valence-corrected chi connectivity index (χ0v) is 13.6. The fourth-order valence-electron chi connectivity index (χ4n) is 1.88. The highest BCUT2D eigenvalue weighted by Gasteiger charge is 2.16. The number of benzene rings is 2. The molecule has 0 aliphatic rings. The maximum Gasteiger partial charge on any atom is 0.241 e. The summed E-state index contributed by atoms with van der Waals surface area (Å²) in [6, 6.07) is 10.4. The Bertz CT molecular complexity index is 835. The van der Waals surface area contributed by atoms with Gasteiger partial charge in [0.25, 0.3) is 0 Å². The maximum atomic E-state index is 13.4. The van der Waals surface area contributed by atoms with Crippen LogP contribution in [-0.4, -0.2) is 20.9 Å². The minimum absolute atomic E-state index is 0.00267. The molecule has 0 aliphatic carbocycles. The molecular formula is C16H17FN2O3S. The van der Waals surface area contributed by atoms with E-state index >= 15 is 0 Å². The van der Waals surface area contributed by atoms with E-state index in [4.69, 9.17) is 0 Å². The van der Waals surface area contributed by atoms with Crippen molar-refractivity contribution in [3.8, 4) is 0 Å². The van der Waals surface area contributed by atoms with E-state index in [1.54, 1.807) is 19.1 Å². The summed E-state index contributed by atoms with van der Waals surface area (Å²) in [7, 11) is -3.80. The fraction of sp³-hybridized carbons (Fsp3) is 0.188. The number of amides is 1. The van der Waals surface area contributed by atoms with Gasteiger partial charge in [0.15, 0.2) is 0 Å². The molecule has 0 aromatic heterocycles. The molecule has 0 fully saturated rings. The summed E-state index contributed by atoms with van der Waals surface area (Å²) in [5, 5.41) is 2.31. The molecule has 2 aromatic rings. The Hall–Kier alpha value is -2.25. The number of nitrogens with one attached hydrogen (secondary N) is 2. The topological polar surface area (TPSA) is 75.3 Å². The van der Waals surface area contributed by atoms with Crippen molar-refractivity contribution >= 4 is 21.6 Å². The summed E-state index contributed by atoms with van der Waals surface area (Å²) in [5.74, 6) is -1.24. The van der Waals surface area contributed by atoms with Gasteiger partial charge in [0, 0.05) is 0 Å². The molecule has 7 heteroatoms. The standard InChI is InChI=1S/C16H17FN2O3S/c1-11-7-8-13(9-12(11)2)23(21,22)18-10-16(20)19-15-6-4-3-5-14(15)17/h3-9,18H,10H2,1-2H3,(H,19,20). The molecule has 0 radical (unpaired) electrons. The Kier molecular flexibility index (Phi) is 5.12. The molecule has 0 saturated carbocycles. The first-order valence-electron chi connectivity index (χ1n) is 6.91. The second kappa shape index (κ2) is 6.89. The van der Waals surface area contributed by atoms with Crippen LogP contribution in [0.15, 0.2) is 47.4 Å². The van der Waals surface area contributed by atoms with E-state index in [0.29, 0.717) is 0 Å². The van der Waals surface area contributed by atoms with E-state index in [9.17, 15) is 17.6 Å². The lowest BCUT2D eigenvalue weighted by atomic mass is 10.1. The van der Waals surface area contributed by atoms with Crippen LogP contribution in [0.4, 0.5) is 10.1 Å². The molecule has 2 rings (SSSR count). The van der Waals surface area contributed by atoms with Crippen LogP contribution in [0.5, 0.6) is 0 Å². The average Bonchev–Trinajstić information content (AvgIpc) is 2.50. The number of para-hydroxylation sites is 1. The second-order valence-corrected chi connectivity index (χ2v) is 6.87. The van der Waals surface area contributed by atoms with Crippen LogP contribution in [-0.2, 0) is 14.8 Å². The Morgan fingerprint density at radius 2 is 1.78 bits per heavy atom. The number of halogens is 1. The Morgan fingerprint density at radius 1 is 1.09 bits per heavy atom. The van der Waals surface area contributed by atoms with Crippen LogP contribution >= 0.6 is 0 Å². The average molecular weight is 336 g/mol. The smallest absolute Gasteiger partial charge is 0.241 e. The molecule has 2 aromatic carbocycles. The third-order valence-electron chi connectivity index (χ3n) is 3.36. The minimum Gasteiger partial charge on any atom is -0.322 e. The molecule has 0 heterocycles. The van der Waals surface area contributed by atoms with Gasteiger partial charge in [-0.3, -0.25) is 4.79 Å². The lowest BCUT2D eigenvalue weighted by molar-refractivity contribution is -0.115. The van der Waals surface area contributed by atoms with Gasteiger partial charge in [-0.2, -0.15) is 0 Å². The third-order valence-corrected chi connectivity index (χ3v) is 4.76. The lowest BCUT2D eigenvalue weighted by Gasteiger charge is -2.09. The zero-order chi connectivity index (χ0) is 17.0. The molecule has 0 bridgehead atoms. The fourth-order valence-corrected chi connectivity index (χ4v) is 2.95. The molecule has 23 heavy (non-hydrogen) atoms. The quantitative estimate of drug-likeness (QED) is 0.880. The van der Waals surface area contributed by atoms with Gasteiger partial charge < -0.3 is 5.32 Å². The van der Waals surface area contributed by atoms with Gasteiger partial charge in [-0.15, -0.1) is 0 Å². The molecule has 0 saturated heterocycles. The first kappa shape index (κ1) is 17.1. The van der Waals surface area contributed by atoms with E-state index < -0.39 is 28.3 Å². The summed E-state index contributed by atoms with van der Waals surface area (Å²) in [6.45, 7) is 3.20. The van der Waals surface area contributed by atoms with Crippen molar-refractivity contribution in [1.29, 1.82) is 0 Å². The number of carbonyl (C=O) groups is 1. The number of aryl methyl sites for hydroxylation is 2. The molecule has 2 N–H and O–H groups in total. The number of rotatable bonds is 5. The van der Waals surface area contributed by atoms with E-state index in [-0.39, 0.29) is 10.6 Å². The Morgan fingerprint density at radius 3 is 2.43 bits per heavy atom. The highest BCUT2D eigenvalue weighted by molar-refractivity contribution is 7.89. The van der Waals surface area contributed by atoms with Crippen LogP contribution in [0.1, 0.15) is 11.1 Å². The Balaban J connectivity index is 2.03. The van der Waals surface area contributed by atoms with Crippen molar-refractivity contribution in [3.63, 3.8) is 0 Å². The van der Waals surface area contributed by atoms with E-state index in [1.165, 1.54) is 30.3 Å². The van der Waals surface area contributed by atoms with Crippen LogP contribution < -0.4 is 10.0 Å². The summed E-state index contributed by atoms with van der Waals surface area (Å²) in [6.07, 6.45) is 0. The number of anilines is 1. The molecule has 1 amide bonds. The predicted molar refractivity (Wildman–Crippen MR) is 86.1 cm³/mol. The van der Waals surface area contributed by atoms with Gasteiger partial charge in [-0.1, -0.05) is 18.2 Å². The molecule has 0 aliphatic heterocycles. The molecular weight excluding hydrogens is 319 g/mol. The van der Waals surface area contributed by atoms with Crippen molar-refractivity contribution in [1.82, 2.24) is 4.72 Å². The van der Waals surface area contributed by atoms with Crippen LogP contribution in [0.25, 0.3) is 0 Å². The van der Waals surface area contributed by atoms with E-state index in [1.807, 2.05) is 6.92 Å². The third kappa shape index (κ3) is 4.37. The van der Waals surface area contributed by atoms with Crippen molar-refractivity contribution in [2.24, 2.45) is 0 Å². The predicted octanol–water partition coefficient (Wildman–Crippen LogP) is 2.36. The first-order valence-corrected chi connectivity index (χ1v) is 8.39. The molecule has 122 valence electrons. The minimum atomic E-state index is -3.80.